The number of carbonyl (C=O) groups excluding carboxylic acids is 1. The van der Waals surface area contributed by atoms with Gasteiger partial charge in [-0.25, -0.2) is 9.78 Å². The molecule has 180 valence electrons. The topological polar surface area (TPSA) is 72.5 Å². The Morgan fingerprint density at radius 2 is 1.68 bits per heavy atom. The van der Waals surface area contributed by atoms with Gasteiger partial charge in [0.05, 0.1) is 19.8 Å². The Morgan fingerprint density at radius 3 is 2.21 bits per heavy atom. The molecule has 0 saturated heterocycles. The number of hydrogen-bond acceptors (Lipinski definition) is 6. The van der Waals surface area contributed by atoms with Crippen LogP contribution < -0.4 is 15.4 Å². The van der Waals surface area contributed by atoms with Crippen LogP contribution in [0.1, 0.15) is 43.6 Å². The van der Waals surface area contributed by atoms with Crippen LogP contribution in [0.25, 0.3) is 22.3 Å². The first-order valence-corrected chi connectivity index (χ1v) is 11.6. The maximum atomic E-state index is 12.9. The van der Waals surface area contributed by atoms with Crippen molar-refractivity contribution >= 4 is 17.5 Å². The number of ether oxygens (including phenoxy) is 2. The number of carbonyl (C=O) groups is 1. The summed E-state index contributed by atoms with van der Waals surface area (Å²) in [6, 6.07) is 14.3. The van der Waals surface area contributed by atoms with E-state index in [1.807, 2.05) is 49.4 Å². The Kier molecular flexibility index (Phi) is 8.16. The predicted molar refractivity (Wildman–Crippen MR) is 140 cm³/mol. The smallest absolute Gasteiger partial charge is 0.338 e. The normalized spacial score (nSPS) is 11.0. The largest absolute Gasteiger partial charge is 0.496 e. The lowest BCUT2D eigenvalue weighted by Crippen LogP contribution is -2.10. The van der Waals surface area contributed by atoms with Crippen LogP contribution >= 0.6 is 0 Å². The molecule has 1 heterocycles. The van der Waals surface area contributed by atoms with Crippen LogP contribution in [-0.4, -0.2) is 37.8 Å². The summed E-state index contributed by atoms with van der Waals surface area (Å²) in [6.07, 6.45) is 1.77. The van der Waals surface area contributed by atoms with Crippen molar-refractivity contribution in [3.05, 3.63) is 59.8 Å². The average molecular weight is 462 g/mol. The molecule has 3 aromatic rings. The fourth-order valence-corrected chi connectivity index (χ4v) is 3.93. The van der Waals surface area contributed by atoms with Crippen LogP contribution in [0.4, 0.5) is 11.5 Å². The minimum absolute atomic E-state index is 0.341. The fraction of sp³-hybridized carbons (Fsp3) is 0.357. The average Bonchev–Trinajstić information content (AvgIpc) is 2.82. The zero-order chi connectivity index (χ0) is 24.8. The summed E-state index contributed by atoms with van der Waals surface area (Å²) < 4.78 is 11.0. The SMILES string of the molecule is COC(=O)c1c(-c2ccc(NCC(C)C)nc2)cc(OC)c(-c2ccc(NC(C)C)cc2)c1C. The molecule has 0 amide bonds. The highest BCUT2D eigenvalue weighted by molar-refractivity contribution is 6.02. The van der Waals surface area contributed by atoms with Gasteiger partial charge in [-0.3, -0.25) is 0 Å². The molecule has 0 saturated carbocycles. The lowest BCUT2D eigenvalue weighted by atomic mass is 9.89. The third-order valence-corrected chi connectivity index (χ3v) is 5.55. The van der Waals surface area contributed by atoms with Crippen LogP contribution in [0.5, 0.6) is 5.75 Å². The lowest BCUT2D eigenvalue weighted by molar-refractivity contribution is 0.0601. The van der Waals surface area contributed by atoms with Gasteiger partial charge in [-0.1, -0.05) is 26.0 Å². The highest BCUT2D eigenvalue weighted by atomic mass is 16.5. The van der Waals surface area contributed by atoms with Crippen LogP contribution in [0.15, 0.2) is 48.7 Å². The fourth-order valence-electron chi connectivity index (χ4n) is 3.93. The van der Waals surface area contributed by atoms with Gasteiger partial charge in [0.15, 0.2) is 0 Å². The van der Waals surface area contributed by atoms with Crippen molar-refractivity contribution in [3.63, 3.8) is 0 Å². The monoisotopic (exact) mass is 461 g/mol. The van der Waals surface area contributed by atoms with E-state index in [2.05, 4.69) is 43.3 Å². The van der Waals surface area contributed by atoms with Gasteiger partial charge in [-0.05, 0) is 68.1 Å². The molecule has 2 aromatic carbocycles. The molecule has 0 radical (unpaired) electrons. The van der Waals surface area contributed by atoms with Gasteiger partial charge in [0.25, 0.3) is 0 Å². The molecule has 6 heteroatoms. The van der Waals surface area contributed by atoms with Gasteiger partial charge >= 0.3 is 5.97 Å². The lowest BCUT2D eigenvalue weighted by Gasteiger charge is -2.20. The van der Waals surface area contributed by atoms with Crippen molar-refractivity contribution < 1.29 is 14.3 Å². The highest BCUT2D eigenvalue weighted by Crippen LogP contribution is 2.41. The minimum Gasteiger partial charge on any atom is -0.496 e. The molecule has 1 aromatic heterocycles. The highest BCUT2D eigenvalue weighted by Gasteiger charge is 2.23. The maximum absolute atomic E-state index is 12.9. The second-order valence-electron chi connectivity index (χ2n) is 9.08. The number of rotatable bonds is 9. The molecule has 0 fully saturated rings. The Labute approximate surface area is 202 Å². The summed E-state index contributed by atoms with van der Waals surface area (Å²) in [5.41, 5.74) is 5.72. The van der Waals surface area contributed by atoms with Crippen molar-refractivity contribution in [2.24, 2.45) is 5.92 Å². The Hall–Kier alpha value is -3.54. The van der Waals surface area contributed by atoms with E-state index in [0.29, 0.717) is 23.3 Å². The number of nitrogens with zero attached hydrogens (tertiary/aromatic N) is 1. The maximum Gasteiger partial charge on any atom is 0.338 e. The van der Waals surface area contributed by atoms with Crippen LogP contribution in [-0.2, 0) is 4.74 Å². The Bertz CT molecular complexity index is 1120. The van der Waals surface area contributed by atoms with E-state index < -0.39 is 5.97 Å². The van der Waals surface area contributed by atoms with Gasteiger partial charge in [0.2, 0.25) is 0 Å². The van der Waals surface area contributed by atoms with Crippen molar-refractivity contribution in [2.75, 3.05) is 31.4 Å². The Balaban J connectivity index is 2.10. The number of benzene rings is 2. The number of aromatic nitrogens is 1. The third kappa shape index (κ3) is 5.68. The summed E-state index contributed by atoms with van der Waals surface area (Å²) in [5, 5.41) is 6.72. The van der Waals surface area contributed by atoms with Gasteiger partial charge in [0.1, 0.15) is 11.6 Å². The molecule has 0 aliphatic rings. The molecule has 0 aliphatic carbocycles. The number of pyridine rings is 1. The van der Waals surface area contributed by atoms with E-state index in [1.165, 1.54) is 7.11 Å². The summed E-state index contributed by atoms with van der Waals surface area (Å²) in [7, 11) is 3.05. The molecular formula is C28H35N3O3. The molecular weight excluding hydrogens is 426 g/mol. The van der Waals surface area contributed by atoms with Gasteiger partial charge in [0, 0.05) is 41.2 Å². The molecule has 6 nitrogen and oxygen atoms in total. The molecule has 2 N–H and O–H groups in total. The van der Waals surface area contributed by atoms with E-state index >= 15 is 0 Å². The molecule has 0 spiro atoms. The van der Waals surface area contributed by atoms with Crippen LogP contribution in [0, 0.1) is 12.8 Å². The summed E-state index contributed by atoms with van der Waals surface area (Å²) >= 11 is 0. The standard InChI is InChI=1S/C28H35N3O3/c1-17(2)15-29-25-13-10-21(16-30-25)23-14-24(33-6)26(19(5)27(23)28(32)34-7)20-8-11-22(12-9-20)31-18(3)4/h8-14,16-18,31H,15H2,1-7H3,(H,29,30). The number of anilines is 2. The number of nitrogens with one attached hydrogen (secondary N) is 2. The van der Waals surface area contributed by atoms with Crippen LogP contribution in [0.2, 0.25) is 0 Å². The van der Waals surface area contributed by atoms with E-state index in [0.717, 1.165) is 45.9 Å². The quantitative estimate of drug-likeness (QED) is 0.359. The number of hydrogen-bond donors (Lipinski definition) is 2. The second-order valence-corrected chi connectivity index (χ2v) is 9.08. The Morgan fingerprint density at radius 1 is 1.00 bits per heavy atom. The van der Waals surface area contributed by atoms with E-state index in [-0.39, 0.29) is 0 Å². The van der Waals surface area contributed by atoms with Gasteiger partial charge in [-0.15, -0.1) is 0 Å². The zero-order valence-electron chi connectivity index (χ0n) is 21.2. The second kappa shape index (κ2) is 11.1. The van der Waals surface area contributed by atoms with Crippen molar-refractivity contribution in [3.8, 4) is 28.0 Å². The number of methoxy groups -OCH3 is 2. The van der Waals surface area contributed by atoms with E-state index in [1.54, 1.807) is 13.3 Å². The van der Waals surface area contributed by atoms with E-state index in [9.17, 15) is 4.79 Å². The van der Waals surface area contributed by atoms with Gasteiger partial charge < -0.3 is 20.1 Å². The van der Waals surface area contributed by atoms with Crippen molar-refractivity contribution in [1.29, 1.82) is 0 Å². The van der Waals surface area contributed by atoms with Crippen molar-refractivity contribution in [1.82, 2.24) is 4.98 Å². The first-order valence-electron chi connectivity index (χ1n) is 11.6. The molecule has 0 bridgehead atoms. The first kappa shape index (κ1) is 25.1. The third-order valence-electron chi connectivity index (χ3n) is 5.55. The summed E-state index contributed by atoms with van der Waals surface area (Å²) in [4.78, 5) is 17.5. The predicted octanol–water partition coefficient (Wildman–Crippen LogP) is 6.41. The van der Waals surface area contributed by atoms with E-state index in [4.69, 9.17) is 9.47 Å². The van der Waals surface area contributed by atoms with Crippen LogP contribution in [0.3, 0.4) is 0 Å². The molecule has 0 aliphatic heterocycles. The first-order chi connectivity index (χ1) is 16.2. The molecule has 3 rings (SSSR count). The minimum atomic E-state index is -0.392. The molecule has 34 heavy (non-hydrogen) atoms. The number of esters is 1. The van der Waals surface area contributed by atoms with Crippen molar-refractivity contribution in [2.45, 2.75) is 40.7 Å². The van der Waals surface area contributed by atoms with Gasteiger partial charge in [-0.2, -0.15) is 0 Å². The summed E-state index contributed by atoms with van der Waals surface area (Å²) in [5.74, 6) is 1.61. The molecule has 0 atom stereocenters. The molecule has 0 unspecified atom stereocenters. The summed E-state index contributed by atoms with van der Waals surface area (Å²) in [6.45, 7) is 11.3. The zero-order valence-corrected chi connectivity index (χ0v) is 21.2.